The zero-order valence-electron chi connectivity index (χ0n) is 8.46. The Hall–Kier alpha value is -1.23. The molecule has 2 atom stereocenters. The van der Waals surface area contributed by atoms with Crippen LogP contribution in [-0.2, 0) is 9.59 Å². The molecule has 16 heavy (non-hydrogen) atoms. The molecule has 1 N–H and O–H groups in total. The molecule has 0 saturated carbocycles. The molecule has 84 valence electrons. The SMILES string of the molecule is Cc1cc(C2C(=O)NC(=O)C2Br)ccc1F. The predicted octanol–water partition coefficient (Wildman–Crippen LogP) is 1.64. The first-order valence-electron chi connectivity index (χ1n) is 4.75. The fraction of sp³-hybridized carbons (Fsp3) is 0.273. The fourth-order valence-corrected chi connectivity index (χ4v) is 2.39. The van der Waals surface area contributed by atoms with Gasteiger partial charge in [-0.3, -0.25) is 14.9 Å². The Morgan fingerprint density at radius 1 is 1.31 bits per heavy atom. The fourth-order valence-electron chi connectivity index (χ4n) is 1.73. The van der Waals surface area contributed by atoms with Crippen LogP contribution < -0.4 is 5.32 Å². The lowest BCUT2D eigenvalue weighted by molar-refractivity contribution is -0.125. The van der Waals surface area contributed by atoms with Gasteiger partial charge < -0.3 is 0 Å². The zero-order valence-corrected chi connectivity index (χ0v) is 10.0. The van der Waals surface area contributed by atoms with E-state index >= 15 is 0 Å². The van der Waals surface area contributed by atoms with E-state index in [4.69, 9.17) is 0 Å². The van der Waals surface area contributed by atoms with Crippen molar-refractivity contribution in [1.82, 2.24) is 5.32 Å². The van der Waals surface area contributed by atoms with Crippen LogP contribution in [0.5, 0.6) is 0 Å². The number of benzene rings is 1. The van der Waals surface area contributed by atoms with Crippen molar-refractivity contribution in [1.29, 1.82) is 0 Å². The molecule has 2 unspecified atom stereocenters. The molecule has 1 aromatic carbocycles. The minimum absolute atomic E-state index is 0.320. The van der Waals surface area contributed by atoms with E-state index < -0.39 is 10.7 Å². The molecule has 0 radical (unpaired) electrons. The van der Waals surface area contributed by atoms with E-state index in [-0.39, 0.29) is 17.6 Å². The third-order valence-electron chi connectivity index (χ3n) is 2.61. The molecule has 1 aromatic rings. The Bertz CT molecular complexity index is 475. The third-order valence-corrected chi connectivity index (χ3v) is 3.56. The number of carbonyl (C=O) groups excluding carboxylic acids is 2. The van der Waals surface area contributed by atoms with Gasteiger partial charge in [-0.15, -0.1) is 0 Å². The van der Waals surface area contributed by atoms with Gasteiger partial charge in [0.25, 0.3) is 0 Å². The van der Waals surface area contributed by atoms with Crippen molar-refractivity contribution < 1.29 is 14.0 Å². The Morgan fingerprint density at radius 3 is 2.50 bits per heavy atom. The average molecular weight is 286 g/mol. The summed E-state index contributed by atoms with van der Waals surface area (Å²) in [7, 11) is 0. The van der Waals surface area contributed by atoms with Crippen molar-refractivity contribution in [2.45, 2.75) is 17.7 Å². The highest BCUT2D eigenvalue weighted by atomic mass is 79.9. The van der Waals surface area contributed by atoms with Gasteiger partial charge in [-0.1, -0.05) is 28.1 Å². The van der Waals surface area contributed by atoms with Gasteiger partial charge in [-0.2, -0.15) is 0 Å². The number of amides is 2. The summed E-state index contributed by atoms with van der Waals surface area (Å²) in [6, 6.07) is 4.42. The summed E-state index contributed by atoms with van der Waals surface area (Å²) in [6.07, 6.45) is 0. The van der Waals surface area contributed by atoms with Crippen molar-refractivity contribution in [2.24, 2.45) is 0 Å². The first-order valence-corrected chi connectivity index (χ1v) is 5.67. The lowest BCUT2D eigenvalue weighted by atomic mass is 9.96. The molecule has 1 saturated heterocycles. The molecule has 0 bridgehead atoms. The van der Waals surface area contributed by atoms with Gasteiger partial charge in [0.05, 0.1) is 5.92 Å². The van der Waals surface area contributed by atoms with Gasteiger partial charge in [0.1, 0.15) is 10.6 Å². The number of nitrogens with one attached hydrogen (secondary N) is 1. The highest BCUT2D eigenvalue weighted by Crippen LogP contribution is 2.30. The molecule has 2 amide bonds. The third kappa shape index (κ3) is 1.75. The highest BCUT2D eigenvalue weighted by Gasteiger charge is 2.40. The van der Waals surface area contributed by atoms with E-state index in [9.17, 15) is 14.0 Å². The number of rotatable bonds is 1. The van der Waals surface area contributed by atoms with Crippen LogP contribution in [0.1, 0.15) is 17.0 Å². The van der Waals surface area contributed by atoms with Crippen molar-refractivity contribution in [3.05, 3.63) is 35.1 Å². The predicted molar refractivity (Wildman–Crippen MR) is 59.7 cm³/mol. The molecule has 2 rings (SSSR count). The van der Waals surface area contributed by atoms with Gasteiger partial charge in [0.15, 0.2) is 0 Å². The molecule has 0 spiro atoms. The average Bonchev–Trinajstić information content (AvgIpc) is 2.47. The van der Waals surface area contributed by atoms with Crippen LogP contribution in [0.25, 0.3) is 0 Å². The Balaban J connectivity index is 2.40. The molecule has 1 heterocycles. The molecular weight excluding hydrogens is 277 g/mol. The summed E-state index contributed by atoms with van der Waals surface area (Å²) in [5, 5.41) is 2.23. The molecule has 5 heteroatoms. The number of hydrogen-bond donors (Lipinski definition) is 1. The van der Waals surface area contributed by atoms with Gasteiger partial charge >= 0.3 is 0 Å². The van der Waals surface area contributed by atoms with Crippen molar-refractivity contribution in [3.63, 3.8) is 0 Å². The summed E-state index contributed by atoms with van der Waals surface area (Å²) >= 11 is 3.16. The van der Waals surface area contributed by atoms with E-state index in [1.54, 1.807) is 13.0 Å². The normalized spacial score (nSPS) is 24.7. The number of aryl methyl sites for hydroxylation is 1. The summed E-state index contributed by atoms with van der Waals surface area (Å²) in [5.41, 5.74) is 1.11. The van der Waals surface area contributed by atoms with Crippen LogP contribution in [0.2, 0.25) is 0 Å². The molecular formula is C11H9BrFNO2. The second-order valence-corrected chi connectivity index (χ2v) is 4.73. The minimum Gasteiger partial charge on any atom is -0.295 e. The van der Waals surface area contributed by atoms with E-state index in [2.05, 4.69) is 21.2 Å². The quantitative estimate of drug-likeness (QED) is 0.630. The van der Waals surface area contributed by atoms with Gasteiger partial charge in [0.2, 0.25) is 11.8 Å². The maximum Gasteiger partial charge on any atom is 0.241 e. The number of carbonyl (C=O) groups is 2. The number of halogens is 2. The lowest BCUT2D eigenvalue weighted by Gasteiger charge is -2.11. The monoisotopic (exact) mass is 285 g/mol. The van der Waals surface area contributed by atoms with Crippen LogP contribution in [0, 0.1) is 12.7 Å². The highest BCUT2D eigenvalue weighted by molar-refractivity contribution is 9.10. The Labute approximate surface area is 100 Å². The maximum absolute atomic E-state index is 13.1. The molecule has 1 aliphatic heterocycles. The first kappa shape index (κ1) is 11.3. The Morgan fingerprint density at radius 2 is 2.00 bits per heavy atom. The van der Waals surface area contributed by atoms with Gasteiger partial charge in [-0.05, 0) is 24.1 Å². The second-order valence-electron chi connectivity index (χ2n) is 3.74. The topological polar surface area (TPSA) is 46.2 Å². The molecule has 1 fully saturated rings. The molecule has 1 aliphatic rings. The van der Waals surface area contributed by atoms with Crippen LogP contribution in [0.15, 0.2) is 18.2 Å². The second kappa shape index (κ2) is 3.97. The van der Waals surface area contributed by atoms with Gasteiger partial charge in [-0.25, -0.2) is 4.39 Å². The first-order chi connectivity index (χ1) is 7.50. The maximum atomic E-state index is 13.1. The summed E-state index contributed by atoms with van der Waals surface area (Å²) < 4.78 is 13.1. The molecule has 3 nitrogen and oxygen atoms in total. The van der Waals surface area contributed by atoms with E-state index in [1.165, 1.54) is 12.1 Å². The molecule has 0 aromatic heterocycles. The number of alkyl halides is 1. The smallest absolute Gasteiger partial charge is 0.241 e. The summed E-state index contributed by atoms with van der Waals surface area (Å²) in [6.45, 7) is 1.62. The minimum atomic E-state index is -0.579. The zero-order chi connectivity index (χ0) is 11.9. The van der Waals surface area contributed by atoms with E-state index in [0.29, 0.717) is 11.1 Å². The van der Waals surface area contributed by atoms with Crippen molar-refractivity contribution >= 4 is 27.7 Å². The lowest BCUT2D eigenvalue weighted by Crippen LogP contribution is -2.22. The van der Waals surface area contributed by atoms with Crippen LogP contribution in [0.4, 0.5) is 4.39 Å². The van der Waals surface area contributed by atoms with Gasteiger partial charge in [0, 0.05) is 0 Å². The standard InChI is InChI=1S/C11H9BrFNO2/c1-5-4-6(2-3-7(5)13)8-9(12)11(16)14-10(8)15/h2-4,8-9H,1H3,(H,14,15,16). The Kier molecular flexibility index (Phi) is 2.80. The van der Waals surface area contributed by atoms with Crippen LogP contribution in [-0.4, -0.2) is 16.6 Å². The largest absolute Gasteiger partial charge is 0.295 e. The number of hydrogen-bond acceptors (Lipinski definition) is 2. The van der Waals surface area contributed by atoms with E-state index in [0.717, 1.165) is 0 Å². The number of imide groups is 1. The van der Waals surface area contributed by atoms with E-state index in [1.807, 2.05) is 0 Å². The van der Waals surface area contributed by atoms with Crippen molar-refractivity contribution in [3.8, 4) is 0 Å². The summed E-state index contributed by atoms with van der Waals surface area (Å²) in [4.78, 5) is 22.2. The van der Waals surface area contributed by atoms with Crippen LogP contribution in [0.3, 0.4) is 0 Å². The summed E-state index contributed by atoms with van der Waals surface area (Å²) in [5.74, 6) is -1.60. The van der Waals surface area contributed by atoms with Crippen LogP contribution >= 0.6 is 15.9 Å². The molecule has 0 aliphatic carbocycles. The van der Waals surface area contributed by atoms with Crippen molar-refractivity contribution in [2.75, 3.05) is 0 Å².